The number of hydroxylamine groups is 1. The lowest BCUT2D eigenvalue weighted by molar-refractivity contribution is -0.140. The number of nitrogens with two attached hydrogens (primary N) is 1. The third-order valence-electron chi connectivity index (χ3n) is 2.13. The van der Waals surface area contributed by atoms with E-state index < -0.39 is 5.97 Å². The number of carbonyl (C=O) groups is 1. The molecule has 4 nitrogen and oxygen atoms in total. The number of rotatable bonds is 3. The minimum absolute atomic E-state index is 0.00319. The van der Waals surface area contributed by atoms with E-state index in [0.717, 1.165) is 17.9 Å². The maximum atomic E-state index is 10.9. The van der Waals surface area contributed by atoms with Gasteiger partial charge in [0, 0.05) is 6.92 Å². The third kappa shape index (κ3) is 4.03. The minimum atomic E-state index is -0.463. The minimum Gasteiger partial charge on any atom is -0.373 e. The highest BCUT2D eigenvalue weighted by Gasteiger charge is 2.12. The zero-order chi connectivity index (χ0) is 12.8. The van der Waals surface area contributed by atoms with Crippen molar-refractivity contribution in [2.45, 2.75) is 26.7 Å². The first-order chi connectivity index (χ1) is 8.04. The molecular formula is C12H16N2O2S. The van der Waals surface area contributed by atoms with E-state index >= 15 is 0 Å². The van der Waals surface area contributed by atoms with E-state index in [1.807, 2.05) is 24.3 Å². The van der Waals surface area contributed by atoms with Crippen molar-refractivity contribution < 1.29 is 9.63 Å². The molecule has 0 saturated heterocycles. The van der Waals surface area contributed by atoms with Gasteiger partial charge >= 0.3 is 5.97 Å². The molecular weight excluding hydrogens is 236 g/mol. The Balaban J connectivity index is 2.87. The molecule has 0 aliphatic heterocycles. The van der Waals surface area contributed by atoms with Gasteiger partial charge in [0.1, 0.15) is 0 Å². The van der Waals surface area contributed by atoms with Crippen molar-refractivity contribution in [3.8, 4) is 0 Å². The highest BCUT2D eigenvalue weighted by molar-refractivity contribution is 7.80. The average Bonchev–Trinajstić information content (AvgIpc) is 2.27. The number of hydrogen-bond donors (Lipinski definition) is 1. The first kappa shape index (κ1) is 13.4. The molecule has 0 bridgehead atoms. The Kier molecular flexibility index (Phi) is 4.90. The molecule has 0 unspecified atom stereocenters. The summed E-state index contributed by atoms with van der Waals surface area (Å²) < 4.78 is 0. The largest absolute Gasteiger partial charge is 0.373 e. The van der Waals surface area contributed by atoms with Crippen LogP contribution in [0.2, 0.25) is 0 Å². The number of anilines is 1. The molecule has 0 heterocycles. The quantitative estimate of drug-likeness (QED) is 0.660. The van der Waals surface area contributed by atoms with E-state index in [1.54, 1.807) is 0 Å². The summed E-state index contributed by atoms with van der Waals surface area (Å²) in [6, 6.07) is 7.58. The molecule has 92 valence electrons. The van der Waals surface area contributed by atoms with E-state index in [9.17, 15) is 4.79 Å². The molecule has 2 N–H and O–H groups in total. The van der Waals surface area contributed by atoms with Crippen LogP contribution in [0.15, 0.2) is 24.3 Å². The van der Waals surface area contributed by atoms with Crippen LogP contribution >= 0.6 is 12.2 Å². The highest BCUT2D eigenvalue weighted by atomic mass is 32.1. The van der Waals surface area contributed by atoms with Gasteiger partial charge in [-0.1, -0.05) is 25.5 Å². The maximum absolute atomic E-state index is 10.9. The van der Waals surface area contributed by atoms with Gasteiger partial charge in [0.15, 0.2) is 0 Å². The average molecular weight is 252 g/mol. The number of hydrogen-bond acceptors (Lipinski definition) is 3. The Morgan fingerprint density at radius 1 is 1.41 bits per heavy atom. The van der Waals surface area contributed by atoms with Gasteiger partial charge in [-0.25, -0.2) is 4.79 Å². The van der Waals surface area contributed by atoms with Gasteiger partial charge in [-0.3, -0.25) is 0 Å². The second-order valence-electron chi connectivity index (χ2n) is 3.63. The Morgan fingerprint density at radius 2 is 2.00 bits per heavy atom. The summed E-state index contributed by atoms with van der Waals surface area (Å²) in [4.78, 5) is 15.8. The maximum Gasteiger partial charge on any atom is 0.329 e. The van der Waals surface area contributed by atoms with Crippen molar-refractivity contribution in [1.82, 2.24) is 0 Å². The lowest BCUT2D eigenvalue weighted by atomic mass is 10.1. The molecule has 0 fully saturated rings. The van der Waals surface area contributed by atoms with Crippen LogP contribution in [-0.4, -0.2) is 11.1 Å². The van der Waals surface area contributed by atoms with Crippen LogP contribution in [-0.2, 0) is 16.1 Å². The van der Waals surface area contributed by atoms with Crippen molar-refractivity contribution >= 4 is 29.0 Å². The number of benzene rings is 1. The van der Waals surface area contributed by atoms with Gasteiger partial charge in [0.05, 0.1) is 5.69 Å². The van der Waals surface area contributed by atoms with E-state index in [2.05, 4.69) is 6.92 Å². The van der Waals surface area contributed by atoms with Gasteiger partial charge in [0.25, 0.3) is 0 Å². The zero-order valence-electron chi connectivity index (χ0n) is 9.97. The molecule has 1 aromatic rings. The van der Waals surface area contributed by atoms with Crippen molar-refractivity contribution in [2.24, 2.45) is 5.73 Å². The van der Waals surface area contributed by atoms with Gasteiger partial charge in [-0.15, -0.1) is 5.06 Å². The SMILES string of the molecule is CCCc1ccc(N(OC(C)=O)C(N)=S)cc1. The fraction of sp³-hybridized carbons (Fsp3) is 0.333. The van der Waals surface area contributed by atoms with Crippen LogP contribution in [0, 0.1) is 0 Å². The predicted octanol–water partition coefficient (Wildman–Crippen LogP) is 2.17. The summed E-state index contributed by atoms with van der Waals surface area (Å²) in [5.74, 6) is -0.463. The summed E-state index contributed by atoms with van der Waals surface area (Å²) in [5.41, 5.74) is 7.36. The molecule has 0 atom stereocenters. The fourth-order valence-corrected chi connectivity index (χ4v) is 1.58. The fourth-order valence-electron chi connectivity index (χ4n) is 1.44. The highest BCUT2D eigenvalue weighted by Crippen LogP contribution is 2.16. The predicted molar refractivity (Wildman–Crippen MR) is 71.5 cm³/mol. The molecule has 17 heavy (non-hydrogen) atoms. The van der Waals surface area contributed by atoms with Crippen molar-refractivity contribution in [1.29, 1.82) is 0 Å². The van der Waals surface area contributed by atoms with Crippen LogP contribution in [0.3, 0.4) is 0 Å². The summed E-state index contributed by atoms with van der Waals surface area (Å²) >= 11 is 4.83. The van der Waals surface area contributed by atoms with Gasteiger partial charge < -0.3 is 10.6 Å². The van der Waals surface area contributed by atoms with E-state index in [4.69, 9.17) is 22.8 Å². The first-order valence-electron chi connectivity index (χ1n) is 5.41. The molecule has 0 aliphatic rings. The van der Waals surface area contributed by atoms with Crippen LogP contribution < -0.4 is 10.8 Å². The Morgan fingerprint density at radius 3 is 2.41 bits per heavy atom. The summed E-state index contributed by atoms with van der Waals surface area (Å²) in [6.45, 7) is 3.42. The molecule has 0 aliphatic carbocycles. The second-order valence-corrected chi connectivity index (χ2v) is 4.05. The van der Waals surface area contributed by atoms with Crippen LogP contribution in [0.25, 0.3) is 0 Å². The Hall–Kier alpha value is -1.62. The molecule has 0 saturated carbocycles. The molecule has 0 aromatic heterocycles. The van der Waals surface area contributed by atoms with Crippen LogP contribution in [0.1, 0.15) is 25.8 Å². The molecule has 0 radical (unpaired) electrons. The van der Waals surface area contributed by atoms with Gasteiger partial charge in [-0.05, 0) is 36.3 Å². The Bertz CT molecular complexity index is 403. The van der Waals surface area contributed by atoms with Gasteiger partial charge in [0.2, 0.25) is 5.11 Å². The standard InChI is InChI=1S/C12H16N2O2S/c1-3-4-10-5-7-11(8-6-10)14(12(13)17)16-9(2)15/h5-8H,3-4H2,1-2H3,(H2,13,17). The van der Waals surface area contributed by atoms with Crippen molar-refractivity contribution in [2.75, 3.05) is 5.06 Å². The smallest absolute Gasteiger partial charge is 0.329 e. The Labute approximate surface area is 106 Å². The van der Waals surface area contributed by atoms with Crippen molar-refractivity contribution in [3.05, 3.63) is 29.8 Å². The van der Waals surface area contributed by atoms with Crippen LogP contribution in [0.5, 0.6) is 0 Å². The van der Waals surface area contributed by atoms with E-state index in [1.165, 1.54) is 12.5 Å². The zero-order valence-corrected chi connectivity index (χ0v) is 10.8. The molecule has 0 amide bonds. The second kappa shape index (κ2) is 6.20. The van der Waals surface area contributed by atoms with Crippen LogP contribution in [0.4, 0.5) is 5.69 Å². The molecule has 5 heteroatoms. The first-order valence-corrected chi connectivity index (χ1v) is 5.82. The molecule has 1 aromatic carbocycles. The summed E-state index contributed by atoms with van der Waals surface area (Å²) in [6.07, 6.45) is 2.10. The van der Waals surface area contributed by atoms with E-state index in [0.29, 0.717) is 5.69 Å². The lowest BCUT2D eigenvalue weighted by Gasteiger charge is -2.20. The number of nitrogens with zero attached hydrogens (tertiary/aromatic N) is 1. The van der Waals surface area contributed by atoms with Crippen molar-refractivity contribution in [3.63, 3.8) is 0 Å². The monoisotopic (exact) mass is 252 g/mol. The van der Waals surface area contributed by atoms with Gasteiger partial charge in [-0.2, -0.15) is 0 Å². The summed E-state index contributed by atoms with van der Waals surface area (Å²) in [7, 11) is 0. The topological polar surface area (TPSA) is 55.6 Å². The molecule has 0 spiro atoms. The van der Waals surface area contributed by atoms with E-state index in [-0.39, 0.29) is 5.11 Å². The third-order valence-corrected chi connectivity index (χ3v) is 2.30. The lowest BCUT2D eigenvalue weighted by Crippen LogP contribution is -2.36. The number of aryl methyl sites for hydroxylation is 1. The number of thiocarbonyl (C=S) groups is 1. The normalized spacial score (nSPS) is 9.76. The molecule has 1 rings (SSSR count). The summed E-state index contributed by atoms with van der Waals surface area (Å²) in [5, 5.41) is 1.15. The number of carbonyl (C=O) groups excluding carboxylic acids is 1.